The molecule has 0 aliphatic heterocycles. The number of ether oxygens (including phenoxy) is 1. The summed E-state index contributed by atoms with van der Waals surface area (Å²) in [5, 5.41) is 10.4. The summed E-state index contributed by atoms with van der Waals surface area (Å²) in [7, 11) is 1.66. The van der Waals surface area contributed by atoms with Gasteiger partial charge in [0.25, 0.3) is 0 Å². The summed E-state index contributed by atoms with van der Waals surface area (Å²) >= 11 is 7.70. The third kappa shape index (κ3) is 3.57. The lowest BCUT2D eigenvalue weighted by Gasteiger charge is -2.11. The molecule has 0 saturated heterocycles. The smallest absolute Gasteiger partial charge is 0.196 e. The van der Waals surface area contributed by atoms with Crippen molar-refractivity contribution in [2.75, 3.05) is 12.9 Å². The van der Waals surface area contributed by atoms with Gasteiger partial charge in [-0.2, -0.15) is 0 Å². The fourth-order valence-corrected chi connectivity index (χ4v) is 3.24. The molecule has 0 atom stereocenters. The molecule has 0 unspecified atom stereocenters. The van der Waals surface area contributed by atoms with Crippen molar-refractivity contribution in [2.45, 2.75) is 18.5 Å². The Balaban J connectivity index is 2.08. The summed E-state index contributed by atoms with van der Waals surface area (Å²) in [5.41, 5.74) is 1.98. The zero-order valence-electron chi connectivity index (χ0n) is 13.6. The van der Waals surface area contributed by atoms with Crippen molar-refractivity contribution >= 4 is 23.4 Å². The third-order valence-corrected chi connectivity index (χ3v) is 4.89. The minimum atomic E-state index is 0.704. The van der Waals surface area contributed by atoms with Crippen LogP contribution in [0.15, 0.2) is 53.7 Å². The van der Waals surface area contributed by atoms with Gasteiger partial charge in [-0.15, -0.1) is 10.2 Å². The van der Waals surface area contributed by atoms with Gasteiger partial charge in [0.05, 0.1) is 7.11 Å². The van der Waals surface area contributed by atoms with Crippen LogP contribution in [0.5, 0.6) is 5.75 Å². The minimum Gasteiger partial charge on any atom is -0.497 e. The number of thioether (sulfide) groups is 1. The van der Waals surface area contributed by atoms with E-state index in [0.29, 0.717) is 5.02 Å². The molecular weight excluding hydrogens is 342 g/mol. The first kappa shape index (κ1) is 16.9. The van der Waals surface area contributed by atoms with E-state index in [2.05, 4.69) is 21.7 Å². The highest BCUT2D eigenvalue weighted by Gasteiger charge is 2.16. The second kappa shape index (κ2) is 7.73. The Morgan fingerprint density at radius 3 is 2.38 bits per heavy atom. The van der Waals surface area contributed by atoms with Crippen molar-refractivity contribution < 1.29 is 4.74 Å². The Morgan fingerprint density at radius 2 is 1.75 bits per heavy atom. The molecule has 124 valence electrons. The number of rotatable bonds is 6. The average Bonchev–Trinajstić information content (AvgIpc) is 3.04. The molecule has 1 heterocycles. The van der Waals surface area contributed by atoms with Gasteiger partial charge in [-0.05, 0) is 55.0 Å². The summed E-state index contributed by atoms with van der Waals surface area (Å²) in [5.74, 6) is 2.62. The zero-order chi connectivity index (χ0) is 16.9. The zero-order valence-corrected chi connectivity index (χ0v) is 15.1. The summed E-state index contributed by atoms with van der Waals surface area (Å²) in [6, 6.07) is 15.5. The van der Waals surface area contributed by atoms with E-state index in [1.807, 2.05) is 48.5 Å². The SMILES string of the molecule is CCCSc1nnc(-c2ccc(Cl)cc2)n1-c1ccc(OC)cc1. The third-order valence-electron chi connectivity index (χ3n) is 3.50. The monoisotopic (exact) mass is 359 g/mol. The molecule has 0 radical (unpaired) electrons. The lowest BCUT2D eigenvalue weighted by molar-refractivity contribution is 0.414. The van der Waals surface area contributed by atoms with Crippen LogP contribution in [0.4, 0.5) is 0 Å². The summed E-state index contributed by atoms with van der Waals surface area (Å²) in [6.45, 7) is 2.15. The number of halogens is 1. The standard InChI is InChI=1S/C18H18ClN3OS/c1-3-12-24-18-21-20-17(13-4-6-14(19)7-5-13)22(18)15-8-10-16(23-2)11-9-15/h4-11H,3,12H2,1-2H3. The van der Waals surface area contributed by atoms with Gasteiger partial charge >= 0.3 is 0 Å². The predicted octanol–water partition coefficient (Wildman–Crippen LogP) is 5.10. The van der Waals surface area contributed by atoms with Gasteiger partial charge in [0.15, 0.2) is 11.0 Å². The maximum Gasteiger partial charge on any atom is 0.196 e. The maximum atomic E-state index is 6.00. The Bertz CT molecular complexity index is 800. The Hall–Kier alpha value is -1.98. The molecule has 0 saturated carbocycles. The Labute approximate surface area is 150 Å². The largest absolute Gasteiger partial charge is 0.497 e. The van der Waals surface area contributed by atoms with Crippen molar-refractivity contribution in [3.05, 3.63) is 53.6 Å². The topological polar surface area (TPSA) is 39.9 Å². The Morgan fingerprint density at radius 1 is 1.04 bits per heavy atom. The molecule has 0 amide bonds. The molecule has 24 heavy (non-hydrogen) atoms. The first-order chi connectivity index (χ1) is 11.7. The van der Waals surface area contributed by atoms with Crippen LogP contribution in [0.25, 0.3) is 17.1 Å². The molecule has 0 aliphatic rings. The minimum absolute atomic E-state index is 0.704. The molecule has 0 fully saturated rings. The second-order valence-corrected chi connectivity index (χ2v) is 6.69. The van der Waals surface area contributed by atoms with Crippen LogP contribution in [0.2, 0.25) is 5.02 Å². The molecule has 0 bridgehead atoms. The molecule has 3 rings (SSSR count). The number of benzene rings is 2. The van der Waals surface area contributed by atoms with E-state index in [1.165, 1.54) is 0 Å². The molecule has 0 aliphatic carbocycles. The van der Waals surface area contributed by atoms with Crippen LogP contribution in [-0.4, -0.2) is 27.6 Å². The molecule has 0 spiro atoms. The molecule has 0 N–H and O–H groups in total. The lowest BCUT2D eigenvalue weighted by atomic mass is 10.2. The number of aromatic nitrogens is 3. The van der Waals surface area contributed by atoms with Crippen LogP contribution in [0.1, 0.15) is 13.3 Å². The van der Waals surface area contributed by atoms with Crippen molar-refractivity contribution in [2.24, 2.45) is 0 Å². The van der Waals surface area contributed by atoms with E-state index in [9.17, 15) is 0 Å². The quantitative estimate of drug-likeness (QED) is 0.574. The predicted molar refractivity (Wildman–Crippen MR) is 99.4 cm³/mol. The lowest BCUT2D eigenvalue weighted by Crippen LogP contribution is -2.00. The van der Waals surface area contributed by atoms with Crippen LogP contribution < -0.4 is 4.74 Å². The molecule has 2 aromatic carbocycles. The van der Waals surface area contributed by atoms with Gasteiger partial charge in [0.2, 0.25) is 0 Å². The second-order valence-electron chi connectivity index (χ2n) is 5.19. The van der Waals surface area contributed by atoms with Gasteiger partial charge < -0.3 is 4.74 Å². The highest BCUT2D eigenvalue weighted by molar-refractivity contribution is 7.99. The first-order valence-corrected chi connectivity index (χ1v) is 9.08. The van der Waals surface area contributed by atoms with Gasteiger partial charge in [0, 0.05) is 22.0 Å². The van der Waals surface area contributed by atoms with Crippen LogP contribution >= 0.6 is 23.4 Å². The van der Waals surface area contributed by atoms with E-state index < -0.39 is 0 Å². The average molecular weight is 360 g/mol. The molecule has 6 heteroatoms. The van der Waals surface area contributed by atoms with Crippen molar-refractivity contribution in [3.8, 4) is 22.8 Å². The Kier molecular flexibility index (Phi) is 5.43. The van der Waals surface area contributed by atoms with Crippen molar-refractivity contribution in [1.82, 2.24) is 14.8 Å². The number of hydrogen-bond acceptors (Lipinski definition) is 4. The molecule has 4 nitrogen and oxygen atoms in total. The maximum absolute atomic E-state index is 6.00. The van der Waals surface area contributed by atoms with E-state index in [4.69, 9.17) is 16.3 Å². The molecule has 1 aromatic heterocycles. The van der Waals surface area contributed by atoms with Crippen molar-refractivity contribution in [1.29, 1.82) is 0 Å². The van der Waals surface area contributed by atoms with E-state index >= 15 is 0 Å². The number of hydrogen-bond donors (Lipinski definition) is 0. The van der Waals surface area contributed by atoms with E-state index in [0.717, 1.165) is 40.2 Å². The summed E-state index contributed by atoms with van der Waals surface area (Å²) in [6.07, 6.45) is 1.08. The highest BCUT2D eigenvalue weighted by atomic mass is 35.5. The van der Waals surface area contributed by atoms with Crippen LogP contribution in [0.3, 0.4) is 0 Å². The highest BCUT2D eigenvalue weighted by Crippen LogP contribution is 2.29. The number of methoxy groups -OCH3 is 1. The fourth-order valence-electron chi connectivity index (χ4n) is 2.31. The summed E-state index contributed by atoms with van der Waals surface area (Å²) < 4.78 is 7.32. The first-order valence-electron chi connectivity index (χ1n) is 7.71. The number of nitrogens with zero attached hydrogens (tertiary/aromatic N) is 3. The van der Waals surface area contributed by atoms with Crippen LogP contribution in [0, 0.1) is 0 Å². The van der Waals surface area contributed by atoms with E-state index in [-0.39, 0.29) is 0 Å². The van der Waals surface area contributed by atoms with Gasteiger partial charge in [-0.3, -0.25) is 4.57 Å². The van der Waals surface area contributed by atoms with Gasteiger partial charge in [-0.25, -0.2) is 0 Å². The van der Waals surface area contributed by atoms with Gasteiger partial charge in [-0.1, -0.05) is 30.3 Å². The van der Waals surface area contributed by atoms with Crippen LogP contribution in [-0.2, 0) is 0 Å². The van der Waals surface area contributed by atoms with Gasteiger partial charge in [0.1, 0.15) is 5.75 Å². The normalized spacial score (nSPS) is 10.8. The molecular formula is C18H18ClN3OS. The fraction of sp³-hybridized carbons (Fsp3) is 0.222. The molecule has 3 aromatic rings. The van der Waals surface area contributed by atoms with E-state index in [1.54, 1.807) is 18.9 Å². The summed E-state index contributed by atoms with van der Waals surface area (Å²) in [4.78, 5) is 0. The van der Waals surface area contributed by atoms with Crippen molar-refractivity contribution in [3.63, 3.8) is 0 Å².